The number of nitrogens with zero attached hydrogens (tertiary/aromatic N) is 1. The van der Waals surface area contributed by atoms with Crippen molar-refractivity contribution in [2.75, 3.05) is 18.5 Å². The number of ether oxygens (including phenoxy) is 1. The number of fused-ring (bicyclic) bond motifs is 2. The van der Waals surface area contributed by atoms with Crippen molar-refractivity contribution in [2.24, 2.45) is 0 Å². The number of hydrogen-bond acceptors (Lipinski definition) is 3. The molecule has 0 amide bonds. The highest BCUT2D eigenvalue weighted by molar-refractivity contribution is 6.32. The molecule has 3 rings (SSSR count). The van der Waals surface area contributed by atoms with E-state index in [1.807, 2.05) is 13.0 Å². The van der Waals surface area contributed by atoms with Crippen LogP contribution in [0, 0.1) is 6.92 Å². The zero-order valence-corrected chi connectivity index (χ0v) is 12.7. The van der Waals surface area contributed by atoms with E-state index in [2.05, 4.69) is 18.3 Å². The van der Waals surface area contributed by atoms with Gasteiger partial charge >= 0.3 is 0 Å². The van der Waals surface area contributed by atoms with Crippen molar-refractivity contribution >= 4 is 28.2 Å². The molecule has 4 heteroatoms. The van der Waals surface area contributed by atoms with E-state index in [1.165, 1.54) is 11.3 Å². The molecule has 2 aromatic rings. The summed E-state index contributed by atoms with van der Waals surface area (Å²) in [7, 11) is 0. The average Bonchev–Trinajstić information content (AvgIpc) is 2.45. The van der Waals surface area contributed by atoms with Crippen LogP contribution in [0.4, 0.5) is 5.69 Å². The summed E-state index contributed by atoms with van der Waals surface area (Å²) in [5, 5.41) is 5.47. The number of benzene rings is 1. The Bertz CT molecular complexity index is 655. The van der Waals surface area contributed by atoms with E-state index >= 15 is 0 Å². The minimum Gasteiger partial charge on any atom is -0.384 e. The third-order valence-electron chi connectivity index (χ3n) is 3.73. The van der Waals surface area contributed by atoms with E-state index in [1.54, 1.807) is 0 Å². The molecule has 0 aliphatic carbocycles. The van der Waals surface area contributed by atoms with Gasteiger partial charge in [-0.3, -0.25) is 4.98 Å². The summed E-state index contributed by atoms with van der Waals surface area (Å²) in [5.41, 5.74) is 5.57. The first-order valence-electron chi connectivity index (χ1n) is 7.14. The Balaban J connectivity index is 2.24. The predicted molar refractivity (Wildman–Crippen MR) is 83.6 cm³/mol. The highest BCUT2D eigenvalue weighted by Gasteiger charge is 2.19. The number of pyridine rings is 1. The van der Waals surface area contributed by atoms with Crippen LogP contribution in [0.5, 0.6) is 0 Å². The molecule has 2 heterocycles. The zero-order chi connectivity index (χ0) is 14.1. The lowest BCUT2D eigenvalue weighted by Crippen LogP contribution is -2.16. The lowest BCUT2D eigenvalue weighted by atomic mass is 10.0. The maximum atomic E-state index is 6.24. The van der Waals surface area contributed by atoms with E-state index < -0.39 is 0 Å². The molecular formula is C16H19ClN2O. The molecule has 1 aromatic carbocycles. The molecule has 0 atom stereocenters. The lowest BCUT2D eigenvalue weighted by molar-refractivity contribution is 0.110. The van der Waals surface area contributed by atoms with Crippen molar-refractivity contribution < 1.29 is 4.74 Å². The molecule has 1 N–H and O–H groups in total. The fourth-order valence-electron chi connectivity index (χ4n) is 2.64. The van der Waals surface area contributed by atoms with Crippen LogP contribution >= 0.6 is 11.6 Å². The van der Waals surface area contributed by atoms with Crippen LogP contribution in [0.25, 0.3) is 10.9 Å². The highest BCUT2D eigenvalue weighted by atomic mass is 35.5. The van der Waals surface area contributed by atoms with E-state index in [-0.39, 0.29) is 0 Å². The van der Waals surface area contributed by atoms with Crippen molar-refractivity contribution in [1.29, 1.82) is 0 Å². The van der Waals surface area contributed by atoms with Crippen LogP contribution in [0.3, 0.4) is 0 Å². The first-order chi connectivity index (χ1) is 9.70. The van der Waals surface area contributed by atoms with Crippen LogP contribution < -0.4 is 5.32 Å². The summed E-state index contributed by atoms with van der Waals surface area (Å²) in [6.45, 7) is 6.54. The van der Waals surface area contributed by atoms with E-state index in [9.17, 15) is 0 Å². The second kappa shape index (κ2) is 5.58. The van der Waals surface area contributed by atoms with Gasteiger partial charge in [-0.15, -0.1) is 0 Å². The van der Waals surface area contributed by atoms with Crippen LogP contribution in [0.15, 0.2) is 12.1 Å². The molecule has 0 saturated heterocycles. The number of nitrogens with one attached hydrogen (secondary N) is 1. The quantitative estimate of drug-likeness (QED) is 0.924. The Hall–Kier alpha value is -1.32. The van der Waals surface area contributed by atoms with Crippen molar-refractivity contribution in [1.82, 2.24) is 4.98 Å². The normalized spacial score (nSPS) is 14.3. The van der Waals surface area contributed by atoms with E-state index in [4.69, 9.17) is 21.3 Å². The summed E-state index contributed by atoms with van der Waals surface area (Å²) in [4.78, 5) is 4.78. The van der Waals surface area contributed by atoms with Crippen LogP contribution in [-0.4, -0.2) is 18.1 Å². The lowest BCUT2D eigenvalue weighted by Gasteiger charge is -2.22. The zero-order valence-electron chi connectivity index (χ0n) is 11.9. The number of anilines is 1. The molecule has 106 valence electrons. The van der Waals surface area contributed by atoms with Gasteiger partial charge in [-0.1, -0.05) is 18.5 Å². The van der Waals surface area contributed by atoms with Crippen molar-refractivity contribution in [3.05, 3.63) is 34.0 Å². The molecule has 0 fully saturated rings. The Kier molecular flexibility index (Phi) is 3.81. The average molecular weight is 291 g/mol. The maximum Gasteiger partial charge on any atom is 0.0755 e. The summed E-state index contributed by atoms with van der Waals surface area (Å²) < 4.78 is 5.61. The summed E-state index contributed by atoms with van der Waals surface area (Å²) >= 11 is 6.24. The first-order valence-corrected chi connectivity index (χ1v) is 7.51. The summed E-state index contributed by atoms with van der Waals surface area (Å²) in [6, 6.07) is 4.09. The first kappa shape index (κ1) is 13.7. The van der Waals surface area contributed by atoms with Crippen LogP contribution in [0.1, 0.15) is 30.2 Å². The van der Waals surface area contributed by atoms with Crippen LogP contribution in [-0.2, 0) is 17.8 Å². The molecule has 3 nitrogen and oxygen atoms in total. The Morgan fingerprint density at radius 1 is 1.40 bits per heavy atom. The molecule has 0 spiro atoms. The third kappa shape index (κ3) is 2.36. The van der Waals surface area contributed by atoms with Gasteiger partial charge in [0.05, 0.1) is 30.1 Å². The molecular weight excluding hydrogens is 272 g/mol. The molecule has 20 heavy (non-hydrogen) atoms. The molecule has 0 unspecified atom stereocenters. The van der Waals surface area contributed by atoms with Crippen molar-refractivity contribution in [3.8, 4) is 0 Å². The monoisotopic (exact) mass is 290 g/mol. The SMILES string of the molecule is CCCNc1c2c(nc3cc(Cl)c(C)cc13)CCOC2. The summed E-state index contributed by atoms with van der Waals surface area (Å²) in [6.07, 6.45) is 1.96. The van der Waals surface area contributed by atoms with Gasteiger partial charge in [-0.2, -0.15) is 0 Å². The molecule has 1 aliphatic heterocycles. The fourth-order valence-corrected chi connectivity index (χ4v) is 2.80. The van der Waals surface area contributed by atoms with Crippen LogP contribution in [0.2, 0.25) is 5.02 Å². The Morgan fingerprint density at radius 2 is 2.25 bits per heavy atom. The largest absolute Gasteiger partial charge is 0.384 e. The Morgan fingerprint density at radius 3 is 3.05 bits per heavy atom. The van der Waals surface area contributed by atoms with Gasteiger partial charge in [0.2, 0.25) is 0 Å². The second-order valence-corrected chi connectivity index (χ2v) is 5.67. The standard InChI is InChI=1S/C16H19ClN2O/c1-3-5-18-16-11-7-10(2)13(17)8-15(11)19-14-4-6-20-9-12(14)16/h7-8H,3-6,9H2,1-2H3,(H,18,19). The van der Waals surface area contributed by atoms with Gasteiger partial charge < -0.3 is 10.1 Å². The third-order valence-corrected chi connectivity index (χ3v) is 4.14. The minimum absolute atomic E-state index is 0.645. The van der Waals surface area contributed by atoms with Gasteiger partial charge in [0.25, 0.3) is 0 Å². The topological polar surface area (TPSA) is 34.2 Å². The molecule has 1 aliphatic rings. The molecule has 1 aromatic heterocycles. The second-order valence-electron chi connectivity index (χ2n) is 5.26. The summed E-state index contributed by atoms with van der Waals surface area (Å²) in [5.74, 6) is 0. The maximum absolute atomic E-state index is 6.24. The number of aromatic nitrogens is 1. The van der Waals surface area contributed by atoms with Gasteiger partial charge in [0, 0.05) is 28.9 Å². The molecule has 0 bridgehead atoms. The Labute approximate surface area is 124 Å². The molecule has 0 saturated carbocycles. The van der Waals surface area contributed by atoms with Gasteiger partial charge in [-0.25, -0.2) is 0 Å². The van der Waals surface area contributed by atoms with Gasteiger partial charge in [-0.05, 0) is 31.0 Å². The van der Waals surface area contributed by atoms with E-state index in [0.717, 1.165) is 53.2 Å². The highest BCUT2D eigenvalue weighted by Crippen LogP contribution is 2.34. The smallest absolute Gasteiger partial charge is 0.0755 e. The predicted octanol–water partition coefficient (Wildman–Crippen LogP) is 4.09. The van der Waals surface area contributed by atoms with Gasteiger partial charge in [0.1, 0.15) is 0 Å². The number of rotatable bonds is 3. The van der Waals surface area contributed by atoms with Crippen molar-refractivity contribution in [2.45, 2.75) is 33.3 Å². The minimum atomic E-state index is 0.645. The van der Waals surface area contributed by atoms with Gasteiger partial charge in [0.15, 0.2) is 0 Å². The number of halogens is 1. The number of aryl methyl sites for hydroxylation is 1. The fraction of sp³-hybridized carbons (Fsp3) is 0.438. The molecule has 0 radical (unpaired) electrons. The number of hydrogen-bond donors (Lipinski definition) is 1. The van der Waals surface area contributed by atoms with Crippen molar-refractivity contribution in [3.63, 3.8) is 0 Å². The van der Waals surface area contributed by atoms with E-state index in [0.29, 0.717) is 6.61 Å².